The van der Waals surface area contributed by atoms with Crippen molar-refractivity contribution in [2.45, 2.75) is 32.4 Å². The van der Waals surface area contributed by atoms with E-state index < -0.39 is 0 Å². The van der Waals surface area contributed by atoms with Crippen molar-refractivity contribution < 1.29 is 9.47 Å². The molecule has 1 atom stereocenters. The largest absolute Gasteiger partial charge is 0.379 e. The van der Waals surface area contributed by atoms with Gasteiger partial charge in [0.05, 0.1) is 31.4 Å². The zero-order chi connectivity index (χ0) is 19.7. The summed E-state index contributed by atoms with van der Waals surface area (Å²) in [5.41, 5.74) is 0.948. The smallest absolute Gasteiger partial charge is 0.191 e. The van der Waals surface area contributed by atoms with Crippen LogP contribution in [0.5, 0.6) is 0 Å². The van der Waals surface area contributed by atoms with Crippen molar-refractivity contribution in [3.63, 3.8) is 0 Å². The maximum atomic E-state index is 6.08. The molecule has 1 aliphatic rings. The molecule has 1 heterocycles. The molecule has 1 fully saturated rings. The normalized spacial score (nSPS) is 17.6. The molecule has 0 amide bonds. The lowest BCUT2D eigenvalue weighted by molar-refractivity contribution is 0.0169. The van der Waals surface area contributed by atoms with E-state index in [0.29, 0.717) is 6.54 Å². The maximum absolute atomic E-state index is 6.08. The second kappa shape index (κ2) is 10.9. The molecule has 0 saturated carbocycles. The standard InChI is InChI=1S/C20H33ClN4O2/c1-5-22-19(24-15-20(2,3)26-4)23-14-18(25-10-12-27-13-11-25)16-6-8-17(21)9-7-16/h6-9,18H,5,10-15H2,1-4H3,(H2,22,23,24). The monoisotopic (exact) mass is 396 g/mol. The second-order valence-corrected chi connectivity index (χ2v) is 7.69. The highest BCUT2D eigenvalue weighted by Gasteiger charge is 2.23. The van der Waals surface area contributed by atoms with E-state index in [9.17, 15) is 0 Å². The quantitative estimate of drug-likeness (QED) is 0.522. The number of halogens is 1. The first-order valence-electron chi connectivity index (χ1n) is 9.60. The molecule has 152 valence electrons. The molecule has 1 aromatic rings. The van der Waals surface area contributed by atoms with Gasteiger partial charge in [0.15, 0.2) is 5.96 Å². The van der Waals surface area contributed by atoms with Crippen LogP contribution in [-0.4, -0.2) is 69.5 Å². The molecule has 0 aromatic heterocycles. The maximum Gasteiger partial charge on any atom is 0.191 e. The lowest BCUT2D eigenvalue weighted by atomic mass is 10.0. The van der Waals surface area contributed by atoms with Crippen LogP contribution in [-0.2, 0) is 9.47 Å². The van der Waals surface area contributed by atoms with E-state index in [1.54, 1.807) is 7.11 Å². The number of benzene rings is 1. The molecule has 27 heavy (non-hydrogen) atoms. The van der Waals surface area contributed by atoms with Gasteiger partial charge in [0, 0.05) is 38.3 Å². The van der Waals surface area contributed by atoms with Gasteiger partial charge in [0.25, 0.3) is 0 Å². The minimum absolute atomic E-state index is 0.227. The van der Waals surface area contributed by atoms with E-state index >= 15 is 0 Å². The lowest BCUT2D eigenvalue weighted by Crippen LogP contribution is -2.46. The lowest BCUT2D eigenvalue weighted by Gasteiger charge is -2.35. The first kappa shape index (κ1) is 22.0. The molecule has 2 rings (SSSR count). The molecule has 0 spiro atoms. The predicted octanol–water partition coefficient (Wildman–Crippen LogP) is 2.69. The van der Waals surface area contributed by atoms with Crippen molar-refractivity contribution in [1.82, 2.24) is 15.5 Å². The molecule has 1 saturated heterocycles. The van der Waals surface area contributed by atoms with Crippen molar-refractivity contribution in [3.05, 3.63) is 34.9 Å². The number of aliphatic imine (C=N–C) groups is 1. The van der Waals surface area contributed by atoms with Crippen LogP contribution < -0.4 is 10.6 Å². The van der Waals surface area contributed by atoms with Crippen LogP contribution in [0.1, 0.15) is 32.4 Å². The van der Waals surface area contributed by atoms with Gasteiger partial charge in [-0.3, -0.25) is 9.89 Å². The molecule has 1 aromatic carbocycles. The fraction of sp³-hybridized carbons (Fsp3) is 0.650. The van der Waals surface area contributed by atoms with Gasteiger partial charge in [-0.2, -0.15) is 0 Å². The van der Waals surface area contributed by atoms with Crippen LogP contribution in [0.2, 0.25) is 5.02 Å². The fourth-order valence-corrected chi connectivity index (χ4v) is 3.03. The van der Waals surface area contributed by atoms with Crippen LogP contribution in [0.25, 0.3) is 0 Å². The highest BCUT2D eigenvalue weighted by molar-refractivity contribution is 6.30. The van der Waals surface area contributed by atoms with E-state index in [-0.39, 0.29) is 11.6 Å². The van der Waals surface area contributed by atoms with Crippen LogP contribution in [0.4, 0.5) is 0 Å². The Kier molecular flexibility index (Phi) is 8.83. The minimum Gasteiger partial charge on any atom is -0.379 e. The Balaban J connectivity index is 2.10. The summed E-state index contributed by atoms with van der Waals surface area (Å²) in [4.78, 5) is 7.13. The van der Waals surface area contributed by atoms with Crippen LogP contribution in [0.3, 0.4) is 0 Å². The Labute approximate surface area is 168 Å². The van der Waals surface area contributed by atoms with Crippen molar-refractivity contribution >= 4 is 17.6 Å². The summed E-state index contributed by atoms with van der Waals surface area (Å²) in [6, 6.07) is 8.32. The van der Waals surface area contributed by atoms with Gasteiger partial charge in [0.1, 0.15) is 0 Å². The third-order valence-corrected chi connectivity index (χ3v) is 4.97. The molecule has 1 unspecified atom stereocenters. The number of guanidine groups is 1. The molecule has 1 aliphatic heterocycles. The summed E-state index contributed by atoms with van der Waals surface area (Å²) in [6.45, 7) is 11.6. The number of hydrogen-bond acceptors (Lipinski definition) is 4. The number of hydrogen-bond donors (Lipinski definition) is 2. The van der Waals surface area contributed by atoms with Gasteiger partial charge in [0.2, 0.25) is 0 Å². The van der Waals surface area contributed by atoms with E-state index in [1.165, 1.54) is 5.56 Å². The van der Waals surface area contributed by atoms with Crippen molar-refractivity contribution in [1.29, 1.82) is 0 Å². The highest BCUT2D eigenvalue weighted by atomic mass is 35.5. The number of rotatable bonds is 8. The van der Waals surface area contributed by atoms with Crippen molar-refractivity contribution in [2.75, 3.05) is 53.0 Å². The van der Waals surface area contributed by atoms with Crippen LogP contribution >= 0.6 is 11.6 Å². The predicted molar refractivity (Wildman–Crippen MR) is 112 cm³/mol. The van der Waals surface area contributed by atoms with Gasteiger partial charge in [-0.1, -0.05) is 23.7 Å². The summed E-state index contributed by atoms with van der Waals surface area (Å²) in [5, 5.41) is 7.57. The minimum atomic E-state index is -0.290. The van der Waals surface area contributed by atoms with E-state index in [4.69, 9.17) is 21.1 Å². The van der Waals surface area contributed by atoms with E-state index in [2.05, 4.69) is 39.6 Å². The average molecular weight is 397 g/mol. The van der Waals surface area contributed by atoms with Crippen molar-refractivity contribution in [3.8, 4) is 0 Å². The van der Waals surface area contributed by atoms with E-state index in [1.807, 2.05) is 26.0 Å². The van der Waals surface area contributed by atoms with E-state index in [0.717, 1.165) is 50.4 Å². The van der Waals surface area contributed by atoms with Gasteiger partial charge < -0.3 is 20.1 Å². The summed E-state index contributed by atoms with van der Waals surface area (Å²) in [7, 11) is 1.71. The number of ether oxygens (including phenoxy) is 2. The first-order valence-corrected chi connectivity index (χ1v) is 9.97. The number of methoxy groups -OCH3 is 1. The molecule has 7 heteroatoms. The number of nitrogens with one attached hydrogen (secondary N) is 2. The molecular weight excluding hydrogens is 364 g/mol. The molecule has 0 bridgehead atoms. The number of morpholine rings is 1. The zero-order valence-corrected chi connectivity index (χ0v) is 17.7. The molecule has 0 aliphatic carbocycles. The Morgan fingerprint density at radius 2 is 1.93 bits per heavy atom. The molecule has 2 N–H and O–H groups in total. The van der Waals surface area contributed by atoms with Gasteiger partial charge in [-0.25, -0.2) is 0 Å². The topological polar surface area (TPSA) is 58.1 Å². The summed E-state index contributed by atoms with van der Waals surface area (Å²) >= 11 is 6.08. The van der Waals surface area contributed by atoms with Crippen molar-refractivity contribution in [2.24, 2.45) is 4.99 Å². The summed E-state index contributed by atoms with van der Waals surface area (Å²) < 4.78 is 11.0. The third-order valence-electron chi connectivity index (χ3n) is 4.72. The Morgan fingerprint density at radius 3 is 2.52 bits per heavy atom. The van der Waals surface area contributed by atoms with Crippen LogP contribution in [0, 0.1) is 0 Å². The second-order valence-electron chi connectivity index (χ2n) is 7.26. The van der Waals surface area contributed by atoms with Gasteiger partial charge >= 0.3 is 0 Å². The van der Waals surface area contributed by atoms with Gasteiger partial charge in [-0.15, -0.1) is 0 Å². The Morgan fingerprint density at radius 1 is 1.26 bits per heavy atom. The third kappa shape index (κ3) is 7.30. The molecular formula is C20H33ClN4O2. The first-order chi connectivity index (χ1) is 12.9. The Bertz CT molecular complexity index is 586. The fourth-order valence-electron chi connectivity index (χ4n) is 2.90. The SMILES string of the molecule is CCNC(=NCC(C)(C)OC)NCC(c1ccc(Cl)cc1)N1CCOCC1. The molecule has 0 radical (unpaired) electrons. The van der Waals surface area contributed by atoms with Gasteiger partial charge in [-0.05, 0) is 38.5 Å². The number of nitrogens with zero attached hydrogens (tertiary/aromatic N) is 2. The Hall–Kier alpha value is -1.34. The summed E-state index contributed by atoms with van der Waals surface area (Å²) in [6.07, 6.45) is 0. The highest BCUT2D eigenvalue weighted by Crippen LogP contribution is 2.23. The summed E-state index contributed by atoms with van der Waals surface area (Å²) in [5.74, 6) is 0.801. The molecule has 6 nitrogen and oxygen atoms in total. The van der Waals surface area contributed by atoms with Crippen LogP contribution in [0.15, 0.2) is 29.3 Å². The zero-order valence-electron chi connectivity index (χ0n) is 16.9. The average Bonchev–Trinajstić information content (AvgIpc) is 2.68.